The number of allylic oxidation sites excluding steroid dienone is 7. The second-order valence-corrected chi connectivity index (χ2v) is 11.0. The van der Waals surface area contributed by atoms with Crippen LogP contribution in [0.3, 0.4) is 0 Å². The van der Waals surface area contributed by atoms with Crippen molar-refractivity contribution < 1.29 is 19.7 Å². The minimum atomic E-state index is -0.393. The highest BCUT2D eigenvalue weighted by atomic mass is 16.6. The molecule has 5 nitrogen and oxygen atoms in total. The molecule has 1 heterocycles. The molecule has 1 aliphatic heterocycles. The predicted molar refractivity (Wildman–Crippen MR) is 197 cm³/mol. The van der Waals surface area contributed by atoms with Crippen LogP contribution in [0.25, 0.3) is 5.57 Å². The molecule has 1 fully saturated rings. The van der Waals surface area contributed by atoms with Gasteiger partial charge in [-0.2, -0.15) is 0 Å². The normalized spacial score (nSPS) is 12.9. The van der Waals surface area contributed by atoms with E-state index in [0.29, 0.717) is 5.92 Å². The van der Waals surface area contributed by atoms with E-state index in [-0.39, 0.29) is 19.3 Å². The van der Waals surface area contributed by atoms with Crippen LogP contribution in [0, 0.1) is 18.3 Å². The second-order valence-electron chi connectivity index (χ2n) is 11.0. The van der Waals surface area contributed by atoms with Gasteiger partial charge in [-0.3, -0.25) is 0 Å². The smallest absolute Gasteiger partial charge is 0.410 e. The molecule has 0 aliphatic carbocycles. The summed E-state index contributed by atoms with van der Waals surface area (Å²) < 4.78 is 5.30. The molecule has 1 aromatic rings. The summed E-state index contributed by atoms with van der Waals surface area (Å²) >= 11 is 0. The number of likely N-dealkylation sites (tertiary alicyclic amines) is 1. The molecule has 1 aromatic carbocycles. The number of hydrogen-bond donors (Lipinski definition) is 2. The first-order valence-electron chi connectivity index (χ1n) is 16.2. The van der Waals surface area contributed by atoms with Crippen LogP contribution in [0.2, 0.25) is 0 Å². The Hall–Kier alpha value is -3.33. The lowest BCUT2D eigenvalue weighted by Gasteiger charge is -2.40. The molecule has 45 heavy (non-hydrogen) atoms. The fraction of sp³-hybridized carbons (Fsp3) is 0.525. The highest BCUT2D eigenvalue weighted by Gasteiger charge is 2.34. The average Bonchev–Trinajstić information content (AvgIpc) is 3.01. The van der Waals surface area contributed by atoms with Gasteiger partial charge in [0.15, 0.2) is 0 Å². The summed E-state index contributed by atoms with van der Waals surface area (Å²) in [6, 6.07) is 10.5. The van der Waals surface area contributed by atoms with Gasteiger partial charge in [-0.1, -0.05) is 81.0 Å². The van der Waals surface area contributed by atoms with Crippen LogP contribution < -0.4 is 0 Å². The lowest BCUT2D eigenvalue weighted by Crippen LogP contribution is -2.52. The SMILES string of the molecule is C#CC.C/C=C(\C)C(=C(CCCO)c1ccccc1)/C(C)=C/C.C/C=C(\CC)C1CN(C(=O)OC(C)(C)C)C1.C=CCO.CC. The maximum absolute atomic E-state index is 11.7. The van der Waals surface area contributed by atoms with E-state index in [2.05, 4.69) is 103 Å². The number of benzene rings is 1. The number of hydrogen-bond acceptors (Lipinski definition) is 4. The summed E-state index contributed by atoms with van der Waals surface area (Å²) in [4.78, 5) is 13.4. The molecule has 5 heteroatoms. The van der Waals surface area contributed by atoms with Gasteiger partial charge >= 0.3 is 6.09 Å². The van der Waals surface area contributed by atoms with Crippen molar-refractivity contribution in [1.29, 1.82) is 0 Å². The van der Waals surface area contributed by atoms with Crippen LogP contribution >= 0.6 is 0 Å². The molecule has 1 aliphatic rings. The Labute approximate surface area is 277 Å². The van der Waals surface area contributed by atoms with E-state index in [9.17, 15) is 9.90 Å². The van der Waals surface area contributed by atoms with Crippen molar-refractivity contribution in [2.45, 2.75) is 108 Å². The molecule has 1 amide bonds. The molecule has 254 valence electrons. The van der Waals surface area contributed by atoms with E-state index in [1.807, 2.05) is 40.7 Å². The van der Waals surface area contributed by atoms with E-state index in [4.69, 9.17) is 9.84 Å². The van der Waals surface area contributed by atoms with Crippen molar-refractivity contribution in [3.05, 3.63) is 89.1 Å². The van der Waals surface area contributed by atoms with Gasteiger partial charge in [-0.25, -0.2) is 4.79 Å². The third-order valence-corrected chi connectivity index (χ3v) is 6.63. The molecule has 0 atom stereocenters. The first kappa shape index (κ1) is 46.1. The van der Waals surface area contributed by atoms with Gasteiger partial charge in [-0.15, -0.1) is 18.9 Å². The second kappa shape index (κ2) is 28.2. The average molecular weight is 624 g/mol. The van der Waals surface area contributed by atoms with Gasteiger partial charge in [0.25, 0.3) is 0 Å². The zero-order valence-corrected chi connectivity index (χ0v) is 30.7. The molecule has 0 saturated carbocycles. The Morgan fingerprint density at radius 3 is 1.84 bits per heavy atom. The minimum Gasteiger partial charge on any atom is -0.444 e. The van der Waals surface area contributed by atoms with Crippen molar-refractivity contribution >= 4 is 11.7 Å². The Kier molecular flexibility index (Phi) is 28.8. The number of carbonyl (C=O) groups is 1. The number of aliphatic hydroxyl groups is 2. The van der Waals surface area contributed by atoms with Gasteiger partial charge in [0.1, 0.15) is 5.60 Å². The Bertz CT molecular complexity index is 1070. The van der Waals surface area contributed by atoms with Gasteiger partial charge in [0.2, 0.25) is 0 Å². The topological polar surface area (TPSA) is 70.0 Å². The summed E-state index contributed by atoms with van der Waals surface area (Å²) in [6.45, 7) is 29.2. The van der Waals surface area contributed by atoms with E-state index in [1.165, 1.54) is 39.5 Å². The minimum absolute atomic E-state index is 0.0833. The molecule has 0 unspecified atom stereocenters. The zero-order chi connectivity index (χ0) is 35.4. The van der Waals surface area contributed by atoms with Crippen LogP contribution in [0.15, 0.2) is 83.5 Å². The van der Waals surface area contributed by atoms with E-state index < -0.39 is 5.60 Å². The number of rotatable bonds is 9. The Morgan fingerprint density at radius 1 is 1.04 bits per heavy atom. The maximum Gasteiger partial charge on any atom is 0.410 e. The highest BCUT2D eigenvalue weighted by molar-refractivity contribution is 5.76. The van der Waals surface area contributed by atoms with Gasteiger partial charge in [0, 0.05) is 25.6 Å². The van der Waals surface area contributed by atoms with Crippen LogP contribution in [0.5, 0.6) is 0 Å². The Balaban J connectivity index is -0.000000628. The summed E-state index contributed by atoms with van der Waals surface area (Å²) in [5.41, 5.74) is 7.52. The van der Waals surface area contributed by atoms with Crippen molar-refractivity contribution in [3.8, 4) is 12.3 Å². The molecule has 1 saturated heterocycles. The predicted octanol–water partition coefficient (Wildman–Crippen LogP) is 10.2. The summed E-state index contributed by atoms with van der Waals surface area (Å²) in [6.07, 6.45) is 15.1. The standard InChI is InChI=1S/C19H26O.C13H23NO2.C3H6O.C3H4.C2H6/c1-5-15(3)19(16(4)6-2)18(13-10-14-20)17-11-8-7-9-12-17;1-6-10(7-2)11-8-14(9-11)12(15)16-13(3,4)5;1-2-3-4;1-3-2;1-2/h5-9,11-12,20H,10,13-14H2,1-4H3;6,11H,7-9H2,1-5H3;2,4H,1,3H2;1H,2H3;1-2H3/b15-5+,16-6+;10-6+;;;. The van der Waals surface area contributed by atoms with Crippen LogP contribution in [-0.2, 0) is 4.74 Å². The lowest BCUT2D eigenvalue weighted by molar-refractivity contribution is 0.00338. The monoisotopic (exact) mass is 623 g/mol. The van der Waals surface area contributed by atoms with Crippen molar-refractivity contribution in [3.63, 3.8) is 0 Å². The first-order chi connectivity index (χ1) is 21.3. The third-order valence-electron chi connectivity index (χ3n) is 6.63. The van der Waals surface area contributed by atoms with Crippen LogP contribution in [0.1, 0.15) is 108 Å². The zero-order valence-electron chi connectivity index (χ0n) is 30.7. The quantitative estimate of drug-likeness (QED) is 0.163. The van der Waals surface area contributed by atoms with Crippen LogP contribution in [-0.4, -0.2) is 53.1 Å². The van der Waals surface area contributed by atoms with Crippen molar-refractivity contribution in [2.75, 3.05) is 26.3 Å². The number of terminal acetylenes is 1. The molecular weight excluding hydrogens is 558 g/mol. The molecule has 0 bridgehead atoms. The molecular formula is C40H65NO4. The van der Waals surface area contributed by atoms with E-state index in [0.717, 1.165) is 32.4 Å². The summed E-state index contributed by atoms with van der Waals surface area (Å²) in [5.74, 6) is 2.79. The number of ether oxygens (including phenoxy) is 1. The Morgan fingerprint density at radius 2 is 1.51 bits per heavy atom. The van der Waals surface area contributed by atoms with E-state index in [1.54, 1.807) is 11.8 Å². The fourth-order valence-electron chi connectivity index (χ4n) is 4.30. The number of carbonyl (C=O) groups excluding carboxylic acids is 1. The number of amides is 1. The van der Waals surface area contributed by atoms with Crippen LogP contribution in [0.4, 0.5) is 4.79 Å². The first-order valence-corrected chi connectivity index (χ1v) is 16.2. The fourth-order valence-corrected chi connectivity index (χ4v) is 4.30. The number of nitrogens with zero attached hydrogens (tertiary/aromatic N) is 1. The molecule has 2 rings (SSSR count). The third kappa shape index (κ3) is 20.3. The lowest BCUT2D eigenvalue weighted by atomic mass is 9.88. The molecule has 0 radical (unpaired) electrons. The largest absolute Gasteiger partial charge is 0.444 e. The number of aliphatic hydroxyl groups excluding tert-OH is 2. The van der Waals surface area contributed by atoms with Gasteiger partial charge < -0.3 is 19.8 Å². The highest BCUT2D eigenvalue weighted by Crippen LogP contribution is 2.32. The summed E-state index contributed by atoms with van der Waals surface area (Å²) in [7, 11) is 0. The van der Waals surface area contributed by atoms with E-state index >= 15 is 0 Å². The van der Waals surface area contributed by atoms with Gasteiger partial charge in [-0.05, 0) is 109 Å². The maximum atomic E-state index is 11.7. The van der Waals surface area contributed by atoms with Crippen molar-refractivity contribution in [1.82, 2.24) is 4.90 Å². The molecule has 0 aromatic heterocycles. The molecule has 2 N–H and O–H groups in total. The summed E-state index contributed by atoms with van der Waals surface area (Å²) in [5, 5.41) is 16.9. The molecule has 0 spiro atoms. The van der Waals surface area contributed by atoms with Gasteiger partial charge in [0.05, 0.1) is 6.61 Å². The van der Waals surface area contributed by atoms with Crippen molar-refractivity contribution in [2.24, 2.45) is 5.92 Å².